The molecule has 0 radical (unpaired) electrons. The van der Waals surface area contributed by atoms with E-state index in [9.17, 15) is 14.7 Å². The first-order chi connectivity index (χ1) is 14.6. The van der Waals surface area contributed by atoms with Gasteiger partial charge in [-0.3, -0.25) is 14.5 Å². The average Bonchev–Trinajstić information content (AvgIpc) is 3.40. The number of thiophene rings is 1. The van der Waals surface area contributed by atoms with Crippen molar-refractivity contribution in [2.45, 2.75) is 19.4 Å². The van der Waals surface area contributed by atoms with Gasteiger partial charge < -0.3 is 9.84 Å². The molecule has 1 aliphatic rings. The smallest absolute Gasteiger partial charge is 0.294 e. The van der Waals surface area contributed by atoms with Crippen LogP contribution in [0.5, 0.6) is 5.75 Å². The third-order valence-electron chi connectivity index (χ3n) is 4.88. The van der Waals surface area contributed by atoms with Gasteiger partial charge in [0, 0.05) is 11.8 Å². The molecule has 1 N–H and O–H groups in total. The van der Waals surface area contributed by atoms with E-state index in [1.54, 1.807) is 35.7 Å². The number of anilines is 1. The number of benzene rings is 2. The van der Waals surface area contributed by atoms with Gasteiger partial charge in [0.25, 0.3) is 5.91 Å². The van der Waals surface area contributed by atoms with Crippen molar-refractivity contribution in [1.82, 2.24) is 0 Å². The maximum atomic E-state index is 13.2. The predicted octanol–water partition coefficient (Wildman–Crippen LogP) is 5.32. The molecule has 30 heavy (non-hydrogen) atoms. The number of aliphatic hydroxyl groups is 1. The molecule has 3 aromatic rings. The van der Waals surface area contributed by atoms with Crippen LogP contribution in [0.25, 0.3) is 0 Å². The second-order valence-corrected chi connectivity index (χ2v) is 7.85. The Bertz CT molecular complexity index is 1090. The zero-order valence-electron chi connectivity index (χ0n) is 16.4. The number of carbonyl (C=O) groups is 2. The summed E-state index contributed by atoms with van der Waals surface area (Å²) in [5, 5.41) is 12.5. The van der Waals surface area contributed by atoms with Crippen LogP contribution in [0.2, 0.25) is 0 Å². The summed E-state index contributed by atoms with van der Waals surface area (Å²) in [5.74, 6) is -0.824. The first kappa shape index (κ1) is 19.9. The minimum Gasteiger partial charge on any atom is -0.503 e. The lowest BCUT2D eigenvalue weighted by Gasteiger charge is -2.27. The molecule has 1 unspecified atom stereocenters. The number of carbonyl (C=O) groups excluding carboxylic acids is 2. The molecule has 6 heteroatoms. The summed E-state index contributed by atoms with van der Waals surface area (Å²) >= 11 is 1.28. The second-order valence-electron chi connectivity index (χ2n) is 6.90. The van der Waals surface area contributed by atoms with Crippen LogP contribution in [0.4, 0.5) is 5.69 Å². The van der Waals surface area contributed by atoms with Gasteiger partial charge in [-0.15, -0.1) is 11.3 Å². The summed E-state index contributed by atoms with van der Waals surface area (Å²) < 4.78 is 5.71. The highest BCUT2D eigenvalue weighted by atomic mass is 32.1. The summed E-state index contributed by atoms with van der Waals surface area (Å²) in [7, 11) is 0. The molecular weight excluding hydrogens is 398 g/mol. The van der Waals surface area contributed by atoms with E-state index in [4.69, 9.17) is 4.74 Å². The summed E-state index contributed by atoms with van der Waals surface area (Å²) in [5.41, 5.74) is 1.39. The molecule has 2 heterocycles. The highest BCUT2D eigenvalue weighted by molar-refractivity contribution is 7.12. The number of hydrogen-bond donors (Lipinski definition) is 1. The number of hydrogen-bond acceptors (Lipinski definition) is 5. The van der Waals surface area contributed by atoms with Crippen molar-refractivity contribution < 1.29 is 19.4 Å². The van der Waals surface area contributed by atoms with E-state index >= 15 is 0 Å². The summed E-state index contributed by atoms with van der Waals surface area (Å²) in [6.45, 7) is 2.58. The van der Waals surface area contributed by atoms with Crippen LogP contribution in [0.1, 0.15) is 34.6 Å². The standard InChI is InChI=1S/C24H21NO4S/c1-2-13-29-18-11-6-10-17(15-18)25-21(16-8-4-3-5-9-16)20(23(27)24(25)28)22(26)19-12-7-14-30-19/h3-12,14-15,21,27H,2,13H2,1H3. The number of aliphatic hydroxyl groups excluding tert-OH is 1. The molecule has 0 saturated heterocycles. The lowest BCUT2D eigenvalue weighted by molar-refractivity contribution is -0.117. The number of nitrogens with zero attached hydrogens (tertiary/aromatic N) is 1. The largest absolute Gasteiger partial charge is 0.503 e. The Morgan fingerprint density at radius 3 is 2.60 bits per heavy atom. The van der Waals surface area contributed by atoms with Crippen molar-refractivity contribution >= 4 is 28.7 Å². The van der Waals surface area contributed by atoms with Gasteiger partial charge in [0.05, 0.1) is 23.1 Å². The predicted molar refractivity (Wildman–Crippen MR) is 117 cm³/mol. The third-order valence-corrected chi connectivity index (χ3v) is 5.75. The SMILES string of the molecule is CCCOc1cccc(N2C(=O)C(O)=C(C(=O)c3cccs3)C2c2ccccc2)c1. The maximum absolute atomic E-state index is 13.2. The molecule has 0 bridgehead atoms. The maximum Gasteiger partial charge on any atom is 0.294 e. The highest BCUT2D eigenvalue weighted by Crippen LogP contribution is 2.42. The van der Waals surface area contributed by atoms with E-state index in [-0.39, 0.29) is 11.4 Å². The van der Waals surface area contributed by atoms with Crippen LogP contribution in [0.3, 0.4) is 0 Å². The van der Waals surface area contributed by atoms with E-state index in [0.717, 1.165) is 12.0 Å². The van der Waals surface area contributed by atoms with Gasteiger partial charge in [0.2, 0.25) is 5.78 Å². The van der Waals surface area contributed by atoms with Crippen molar-refractivity contribution in [3.05, 3.63) is 93.9 Å². The number of ketones is 1. The van der Waals surface area contributed by atoms with Crippen molar-refractivity contribution in [3.8, 4) is 5.75 Å². The number of ether oxygens (including phenoxy) is 1. The molecule has 5 nitrogen and oxygen atoms in total. The van der Waals surface area contributed by atoms with E-state index in [1.807, 2.05) is 43.3 Å². The number of rotatable bonds is 7. The Balaban J connectivity index is 1.81. The molecule has 1 aliphatic heterocycles. The lowest BCUT2D eigenvalue weighted by Crippen LogP contribution is -2.31. The molecule has 0 spiro atoms. The zero-order chi connectivity index (χ0) is 21.1. The molecule has 0 aliphatic carbocycles. The van der Waals surface area contributed by atoms with Crippen LogP contribution >= 0.6 is 11.3 Å². The molecule has 4 rings (SSSR count). The van der Waals surface area contributed by atoms with Gasteiger partial charge >= 0.3 is 0 Å². The van der Waals surface area contributed by atoms with Gasteiger partial charge in [-0.05, 0) is 35.6 Å². The lowest BCUT2D eigenvalue weighted by atomic mass is 9.95. The van der Waals surface area contributed by atoms with Crippen LogP contribution < -0.4 is 9.64 Å². The van der Waals surface area contributed by atoms with E-state index in [0.29, 0.717) is 22.9 Å². The normalized spacial score (nSPS) is 16.2. The zero-order valence-corrected chi connectivity index (χ0v) is 17.3. The third kappa shape index (κ3) is 3.62. The molecule has 152 valence electrons. The highest BCUT2D eigenvalue weighted by Gasteiger charge is 2.44. The van der Waals surface area contributed by atoms with Gasteiger partial charge in [-0.2, -0.15) is 0 Å². The Morgan fingerprint density at radius 2 is 1.90 bits per heavy atom. The second kappa shape index (κ2) is 8.55. The van der Waals surface area contributed by atoms with Crippen LogP contribution in [-0.2, 0) is 4.79 Å². The van der Waals surface area contributed by atoms with E-state index < -0.39 is 17.7 Å². The summed E-state index contributed by atoms with van der Waals surface area (Å²) in [4.78, 5) is 28.3. The van der Waals surface area contributed by atoms with Crippen molar-refractivity contribution in [3.63, 3.8) is 0 Å². The minimum absolute atomic E-state index is 0.0912. The summed E-state index contributed by atoms with van der Waals surface area (Å²) in [6.07, 6.45) is 0.862. The van der Waals surface area contributed by atoms with Crippen molar-refractivity contribution in [2.75, 3.05) is 11.5 Å². The summed E-state index contributed by atoms with van der Waals surface area (Å²) in [6, 6.07) is 19.2. The van der Waals surface area contributed by atoms with Crippen LogP contribution in [0, 0.1) is 0 Å². The first-order valence-corrected chi connectivity index (χ1v) is 10.6. The molecule has 1 atom stereocenters. The molecule has 2 aromatic carbocycles. The monoisotopic (exact) mass is 419 g/mol. The van der Waals surface area contributed by atoms with Crippen molar-refractivity contribution in [1.29, 1.82) is 0 Å². The topological polar surface area (TPSA) is 66.8 Å². The molecule has 0 fully saturated rings. The van der Waals surface area contributed by atoms with Crippen LogP contribution in [-0.4, -0.2) is 23.4 Å². The molecule has 1 aromatic heterocycles. The van der Waals surface area contributed by atoms with E-state index in [2.05, 4.69) is 0 Å². The van der Waals surface area contributed by atoms with Gasteiger partial charge in [-0.25, -0.2) is 0 Å². The van der Waals surface area contributed by atoms with Gasteiger partial charge in [0.15, 0.2) is 5.76 Å². The molecular formula is C24H21NO4S. The minimum atomic E-state index is -0.727. The van der Waals surface area contributed by atoms with Gasteiger partial charge in [0.1, 0.15) is 5.75 Å². The fraction of sp³-hybridized carbons (Fsp3) is 0.167. The Hall–Kier alpha value is -3.38. The fourth-order valence-electron chi connectivity index (χ4n) is 3.54. The Kier molecular flexibility index (Phi) is 5.68. The molecule has 0 saturated carbocycles. The Morgan fingerprint density at radius 1 is 1.10 bits per heavy atom. The number of Topliss-reactive ketones (excluding diaryl/α,β-unsaturated/α-hetero) is 1. The molecule has 1 amide bonds. The first-order valence-electron chi connectivity index (χ1n) is 9.74. The quantitative estimate of drug-likeness (QED) is 0.527. The average molecular weight is 420 g/mol. The van der Waals surface area contributed by atoms with E-state index in [1.165, 1.54) is 16.2 Å². The fourth-order valence-corrected chi connectivity index (χ4v) is 4.22. The Labute approximate surface area is 178 Å². The van der Waals surface area contributed by atoms with Crippen LogP contribution in [0.15, 0.2) is 83.4 Å². The number of amides is 1. The van der Waals surface area contributed by atoms with Crippen molar-refractivity contribution in [2.24, 2.45) is 0 Å². The van der Waals surface area contributed by atoms with Gasteiger partial charge in [-0.1, -0.05) is 49.4 Å².